The Labute approximate surface area is 169 Å². The van der Waals surface area contributed by atoms with Gasteiger partial charge in [0.05, 0.1) is 22.7 Å². The second-order valence-electron chi connectivity index (χ2n) is 7.17. The number of hydrogen-bond donors (Lipinski definition) is 1. The molecule has 1 aliphatic carbocycles. The van der Waals surface area contributed by atoms with E-state index >= 15 is 0 Å². The molecule has 146 valence electrons. The van der Waals surface area contributed by atoms with E-state index in [0.29, 0.717) is 40.3 Å². The minimum atomic E-state index is -0.659. The molecule has 0 radical (unpaired) electrons. The van der Waals surface area contributed by atoms with Crippen LogP contribution >= 0.6 is 23.2 Å². The monoisotopic (exact) mass is 410 g/mol. The molecule has 1 aromatic carbocycles. The number of carbonyl (C=O) groups is 2. The van der Waals surface area contributed by atoms with Crippen LogP contribution in [0.25, 0.3) is 0 Å². The number of carbonyl (C=O) groups excluding carboxylic acids is 2. The van der Waals surface area contributed by atoms with Gasteiger partial charge >= 0.3 is 12.0 Å². The fraction of sp³-hybridized carbons (Fsp3) is 0.550. The Bertz CT molecular complexity index is 745. The summed E-state index contributed by atoms with van der Waals surface area (Å²) in [5.74, 6) is -0.586. The van der Waals surface area contributed by atoms with Crippen LogP contribution in [-0.4, -0.2) is 24.3 Å². The minimum Gasteiger partial charge on any atom is -0.465 e. The maximum absolute atomic E-state index is 12.9. The van der Waals surface area contributed by atoms with Crippen molar-refractivity contribution in [1.82, 2.24) is 5.32 Å². The normalized spacial score (nSPS) is 23.5. The molecule has 7 heteroatoms. The molecule has 2 unspecified atom stereocenters. The van der Waals surface area contributed by atoms with Crippen LogP contribution in [0.5, 0.6) is 0 Å². The Morgan fingerprint density at radius 1 is 1.22 bits per heavy atom. The van der Waals surface area contributed by atoms with E-state index in [1.165, 1.54) is 19.3 Å². The summed E-state index contributed by atoms with van der Waals surface area (Å²) < 4.78 is 5.66. The third kappa shape index (κ3) is 4.82. The number of halogens is 2. The van der Waals surface area contributed by atoms with Crippen molar-refractivity contribution in [3.05, 3.63) is 33.8 Å². The highest BCUT2D eigenvalue weighted by Gasteiger charge is 2.39. The lowest BCUT2D eigenvalue weighted by Crippen LogP contribution is -2.45. The summed E-state index contributed by atoms with van der Waals surface area (Å²) >= 11 is 12.1. The molecule has 2 aliphatic rings. The van der Waals surface area contributed by atoms with Crippen LogP contribution < -0.4 is 5.32 Å². The Balaban J connectivity index is 1.81. The molecule has 1 saturated carbocycles. The van der Waals surface area contributed by atoms with Crippen LogP contribution in [0.3, 0.4) is 0 Å². The molecule has 1 fully saturated rings. The van der Waals surface area contributed by atoms with Crippen LogP contribution in [0.15, 0.2) is 23.2 Å². The molecule has 3 rings (SSSR count). The highest BCUT2D eigenvalue weighted by molar-refractivity contribution is 6.42. The van der Waals surface area contributed by atoms with Crippen LogP contribution in [0, 0.1) is 11.8 Å². The zero-order chi connectivity index (χ0) is 19.4. The standard InChI is InChI=1S/C20H24Cl2N2O3/c1-2-16-17(19(25)27-11-12-6-4-3-5-7-12)18(24-20(26)23-16)13-8-9-14(21)15(22)10-13/h8-10,12,17-18H,2-7,11H2,1H3,(H,24,26). The lowest BCUT2D eigenvalue weighted by atomic mass is 9.86. The van der Waals surface area contributed by atoms with Crippen molar-refractivity contribution in [2.75, 3.05) is 6.61 Å². The number of nitrogens with one attached hydrogen (secondary N) is 1. The van der Waals surface area contributed by atoms with Gasteiger partial charge in [0.15, 0.2) is 0 Å². The van der Waals surface area contributed by atoms with Gasteiger partial charge in [0.25, 0.3) is 0 Å². The van der Waals surface area contributed by atoms with E-state index in [4.69, 9.17) is 27.9 Å². The SMILES string of the molecule is CCC1=NC(=O)NC(c2ccc(Cl)c(Cl)c2)C1C(=O)OCC1CCCCC1. The Morgan fingerprint density at radius 2 is 1.96 bits per heavy atom. The largest absolute Gasteiger partial charge is 0.465 e. The van der Waals surface area contributed by atoms with Gasteiger partial charge in [0.2, 0.25) is 0 Å². The summed E-state index contributed by atoms with van der Waals surface area (Å²) in [6, 6.07) is 4.07. The number of hydrogen-bond acceptors (Lipinski definition) is 3. The third-order valence-corrected chi connectivity index (χ3v) is 6.06. The number of ether oxygens (including phenoxy) is 1. The van der Waals surface area contributed by atoms with E-state index < -0.39 is 18.0 Å². The highest BCUT2D eigenvalue weighted by Crippen LogP contribution is 2.33. The zero-order valence-corrected chi connectivity index (χ0v) is 16.9. The fourth-order valence-electron chi connectivity index (χ4n) is 3.84. The predicted octanol–water partition coefficient (Wildman–Crippen LogP) is 5.35. The second-order valence-corrected chi connectivity index (χ2v) is 7.98. The van der Waals surface area contributed by atoms with Crippen LogP contribution in [0.2, 0.25) is 10.0 Å². The molecule has 27 heavy (non-hydrogen) atoms. The Morgan fingerprint density at radius 3 is 2.63 bits per heavy atom. The molecule has 5 nitrogen and oxygen atoms in total. The van der Waals surface area contributed by atoms with Gasteiger partial charge < -0.3 is 10.1 Å². The molecule has 0 bridgehead atoms. The number of urea groups is 1. The van der Waals surface area contributed by atoms with E-state index in [1.807, 2.05) is 6.92 Å². The van der Waals surface area contributed by atoms with Crippen molar-refractivity contribution >= 4 is 40.9 Å². The number of amides is 2. The maximum Gasteiger partial charge on any atom is 0.341 e. The average molecular weight is 411 g/mol. The number of nitrogens with zero attached hydrogens (tertiary/aromatic N) is 1. The summed E-state index contributed by atoms with van der Waals surface area (Å²) in [6.45, 7) is 2.30. The lowest BCUT2D eigenvalue weighted by molar-refractivity contribution is -0.148. The molecule has 0 saturated heterocycles. The fourth-order valence-corrected chi connectivity index (χ4v) is 4.14. The van der Waals surface area contributed by atoms with Gasteiger partial charge in [-0.25, -0.2) is 9.79 Å². The summed E-state index contributed by atoms with van der Waals surface area (Å²) in [7, 11) is 0. The first-order valence-electron chi connectivity index (χ1n) is 9.49. The number of aliphatic imine (C=N–C) groups is 1. The maximum atomic E-state index is 12.9. The minimum absolute atomic E-state index is 0.350. The average Bonchev–Trinajstić information content (AvgIpc) is 2.68. The molecule has 1 heterocycles. The Kier molecular flexibility index (Phi) is 6.77. The first-order chi connectivity index (χ1) is 13.0. The van der Waals surface area contributed by atoms with Gasteiger partial charge in [-0.1, -0.05) is 55.5 Å². The van der Waals surface area contributed by atoms with Gasteiger partial charge in [-0.2, -0.15) is 0 Å². The first kappa shape index (κ1) is 20.2. The zero-order valence-electron chi connectivity index (χ0n) is 15.3. The van der Waals surface area contributed by atoms with Crippen molar-refractivity contribution in [2.24, 2.45) is 16.8 Å². The summed E-state index contributed by atoms with van der Waals surface area (Å²) in [5.41, 5.74) is 1.24. The molecular weight excluding hydrogens is 387 g/mol. The summed E-state index contributed by atoms with van der Waals surface area (Å²) in [5, 5.41) is 3.58. The Hall–Kier alpha value is -1.59. The molecule has 1 N–H and O–H groups in total. The quantitative estimate of drug-likeness (QED) is 0.665. The number of benzene rings is 1. The van der Waals surface area contributed by atoms with Crippen molar-refractivity contribution in [3.8, 4) is 0 Å². The molecule has 1 aromatic rings. The number of rotatable bonds is 5. The molecular formula is C20H24Cl2N2O3. The molecule has 0 spiro atoms. The van der Waals surface area contributed by atoms with E-state index in [1.54, 1.807) is 18.2 Å². The molecule has 2 amide bonds. The highest BCUT2D eigenvalue weighted by atomic mass is 35.5. The molecule has 1 aliphatic heterocycles. The summed E-state index contributed by atoms with van der Waals surface area (Å²) in [4.78, 5) is 29.0. The van der Waals surface area contributed by atoms with Gasteiger partial charge in [0.1, 0.15) is 5.92 Å². The van der Waals surface area contributed by atoms with E-state index in [-0.39, 0.29) is 5.97 Å². The van der Waals surface area contributed by atoms with E-state index in [2.05, 4.69) is 10.3 Å². The van der Waals surface area contributed by atoms with Crippen LogP contribution in [0.1, 0.15) is 57.1 Å². The van der Waals surface area contributed by atoms with Crippen molar-refractivity contribution in [1.29, 1.82) is 0 Å². The van der Waals surface area contributed by atoms with Crippen molar-refractivity contribution < 1.29 is 14.3 Å². The predicted molar refractivity (Wildman–Crippen MR) is 106 cm³/mol. The van der Waals surface area contributed by atoms with Crippen molar-refractivity contribution in [2.45, 2.75) is 51.5 Å². The number of esters is 1. The van der Waals surface area contributed by atoms with Gasteiger partial charge in [0, 0.05) is 5.71 Å². The van der Waals surface area contributed by atoms with E-state index in [0.717, 1.165) is 12.8 Å². The van der Waals surface area contributed by atoms with Crippen molar-refractivity contribution in [3.63, 3.8) is 0 Å². The van der Waals surface area contributed by atoms with Gasteiger partial charge in [-0.05, 0) is 42.9 Å². The lowest BCUT2D eigenvalue weighted by Gasteiger charge is -2.31. The molecule has 0 aromatic heterocycles. The topological polar surface area (TPSA) is 67.8 Å². The first-order valence-corrected chi connectivity index (χ1v) is 10.2. The van der Waals surface area contributed by atoms with Gasteiger partial charge in [-0.15, -0.1) is 0 Å². The van der Waals surface area contributed by atoms with Crippen LogP contribution in [0.4, 0.5) is 4.79 Å². The third-order valence-electron chi connectivity index (χ3n) is 5.32. The second kappa shape index (κ2) is 9.07. The van der Waals surface area contributed by atoms with E-state index in [9.17, 15) is 9.59 Å². The van der Waals surface area contributed by atoms with Gasteiger partial charge in [-0.3, -0.25) is 4.79 Å². The molecule has 2 atom stereocenters. The smallest absolute Gasteiger partial charge is 0.341 e. The van der Waals surface area contributed by atoms with Crippen LogP contribution in [-0.2, 0) is 9.53 Å². The summed E-state index contributed by atoms with van der Waals surface area (Å²) in [6.07, 6.45) is 6.32.